The Kier molecular flexibility index (Phi) is 4.78. The zero-order valence-electron chi connectivity index (χ0n) is 13.9. The molecule has 3 rings (SSSR count). The van der Waals surface area contributed by atoms with Crippen LogP contribution < -0.4 is 0 Å². The zero-order valence-corrected chi connectivity index (χ0v) is 13.9. The van der Waals surface area contributed by atoms with Crippen molar-refractivity contribution in [2.45, 2.75) is 26.2 Å². The predicted molar refractivity (Wildman–Crippen MR) is 88.7 cm³/mol. The lowest BCUT2D eigenvalue weighted by Crippen LogP contribution is -2.29. The molecule has 1 saturated heterocycles. The van der Waals surface area contributed by atoms with Crippen LogP contribution in [0, 0.1) is 21.8 Å². The number of halogens is 1. The van der Waals surface area contributed by atoms with Crippen LogP contribution in [0.1, 0.15) is 35.1 Å². The number of rotatable bonds is 5. The number of amides is 1. The summed E-state index contributed by atoms with van der Waals surface area (Å²) in [5, 5.41) is 17.7. The second-order valence-electron chi connectivity index (χ2n) is 6.25. The molecule has 1 fully saturated rings. The first kappa shape index (κ1) is 17.1. The molecule has 0 aliphatic carbocycles. The van der Waals surface area contributed by atoms with Crippen molar-refractivity contribution < 1.29 is 14.1 Å². The Morgan fingerprint density at radius 2 is 2.16 bits per heavy atom. The van der Waals surface area contributed by atoms with Gasteiger partial charge in [0.25, 0.3) is 5.91 Å². The number of nitro groups is 1. The highest BCUT2D eigenvalue weighted by atomic mass is 19.1. The molecule has 132 valence electrons. The minimum atomic E-state index is -0.554. The minimum Gasteiger partial charge on any atom is -0.337 e. The molecule has 1 aliphatic heterocycles. The van der Waals surface area contributed by atoms with E-state index >= 15 is 0 Å². The summed E-state index contributed by atoms with van der Waals surface area (Å²) in [7, 11) is 0. The highest BCUT2D eigenvalue weighted by Gasteiger charge is 2.34. The van der Waals surface area contributed by atoms with Gasteiger partial charge in [-0.2, -0.15) is 5.10 Å². The molecule has 7 nitrogen and oxygen atoms in total. The summed E-state index contributed by atoms with van der Waals surface area (Å²) in [6.07, 6.45) is 1.96. The molecule has 0 spiro atoms. The van der Waals surface area contributed by atoms with Gasteiger partial charge in [0.1, 0.15) is 11.5 Å². The zero-order chi connectivity index (χ0) is 18.0. The van der Waals surface area contributed by atoms with Gasteiger partial charge in [0.2, 0.25) is 5.69 Å². The third-order valence-corrected chi connectivity index (χ3v) is 4.56. The van der Waals surface area contributed by atoms with E-state index in [0.717, 1.165) is 18.4 Å². The Labute approximate surface area is 144 Å². The summed E-state index contributed by atoms with van der Waals surface area (Å²) in [5.74, 6) is -0.438. The van der Waals surface area contributed by atoms with E-state index in [-0.39, 0.29) is 23.1 Å². The van der Waals surface area contributed by atoms with Crippen molar-refractivity contribution in [1.82, 2.24) is 15.1 Å². The smallest absolute Gasteiger partial charge is 0.322 e. The second-order valence-corrected chi connectivity index (χ2v) is 6.25. The van der Waals surface area contributed by atoms with Crippen LogP contribution in [0.5, 0.6) is 0 Å². The Morgan fingerprint density at radius 3 is 2.80 bits per heavy atom. The fraction of sp³-hybridized carbons (Fsp3) is 0.412. The molecular weight excluding hydrogens is 327 g/mol. The molecule has 0 radical (unpaired) electrons. The molecule has 2 aromatic rings. The highest BCUT2D eigenvalue weighted by Crippen LogP contribution is 2.27. The van der Waals surface area contributed by atoms with Crippen LogP contribution in [-0.4, -0.2) is 39.0 Å². The molecule has 0 unspecified atom stereocenters. The lowest BCUT2D eigenvalue weighted by Gasteiger charge is -2.15. The van der Waals surface area contributed by atoms with E-state index in [0.29, 0.717) is 25.2 Å². The normalized spacial score (nSPS) is 17.0. The molecule has 0 bridgehead atoms. The number of carbonyl (C=O) groups excluding carboxylic acids is 1. The Hall–Kier alpha value is -2.77. The Bertz CT molecular complexity index is 788. The average molecular weight is 346 g/mol. The van der Waals surface area contributed by atoms with E-state index in [1.165, 1.54) is 12.1 Å². The second kappa shape index (κ2) is 7.00. The number of nitrogens with zero attached hydrogens (tertiary/aromatic N) is 3. The number of nitrogens with one attached hydrogen (secondary N) is 1. The molecule has 2 heterocycles. The molecule has 1 aliphatic rings. The molecule has 1 amide bonds. The number of aromatic amines is 1. The van der Waals surface area contributed by atoms with E-state index < -0.39 is 10.8 Å². The van der Waals surface area contributed by atoms with Crippen molar-refractivity contribution in [2.24, 2.45) is 5.92 Å². The van der Waals surface area contributed by atoms with Crippen LogP contribution >= 0.6 is 0 Å². The third-order valence-electron chi connectivity index (χ3n) is 4.56. The number of likely N-dealkylation sites (tertiary alicyclic amines) is 1. The number of H-pyrrole nitrogens is 1. The van der Waals surface area contributed by atoms with E-state index in [1.54, 1.807) is 24.0 Å². The molecule has 25 heavy (non-hydrogen) atoms. The van der Waals surface area contributed by atoms with Crippen molar-refractivity contribution >= 4 is 11.6 Å². The van der Waals surface area contributed by atoms with Gasteiger partial charge in [0, 0.05) is 13.1 Å². The largest absolute Gasteiger partial charge is 0.337 e. The van der Waals surface area contributed by atoms with Gasteiger partial charge in [-0.3, -0.25) is 20.0 Å². The fourth-order valence-electron chi connectivity index (χ4n) is 3.25. The summed E-state index contributed by atoms with van der Waals surface area (Å²) >= 11 is 0. The Morgan fingerprint density at radius 1 is 1.44 bits per heavy atom. The SMILES string of the molecule is CCc1[nH]nc(C(=O)N2CC[C@H](Cc3ccc(F)cc3)C2)c1[N+](=O)[O-]. The molecule has 0 saturated carbocycles. The standard InChI is InChI=1S/C17H19FN4O3/c1-2-14-16(22(24)25)15(20-19-14)17(23)21-8-7-12(10-21)9-11-3-5-13(18)6-4-11/h3-6,12H,2,7-10H2,1H3,(H,19,20)/t12-/m1/s1. The summed E-state index contributed by atoms with van der Waals surface area (Å²) in [6.45, 7) is 2.82. The summed E-state index contributed by atoms with van der Waals surface area (Å²) in [5.41, 5.74) is 1.02. The van der Waals surface area contributed by atoms with E-state index in [2.05, 4.69) is 10.2 Å². The lowest BCUT2D eigenvalue weighted by molar-refractivity contribution is -0.385. The molecule has 1 aromatic heterocycles. The first-order valence-electron chi connectivity index (χ1n) is 8.25. The van der Waals surface area contributed by atoms with E-state index in [1.807, 2.05) is 0 Å². The van der Waals surface area contributed by atoms with Gasteiger partial charge in [-0.1, -0.05) is 19.1 Å². The number of hydrogen-bond acceptors (Lipinski definition) is 4. The third kappa shape index (κ3) is 3.52. The van der Waals surface area contributed by atoms with Crippen LogP contribution in [0.4, 0.5) is 10.1 Å². The topological polar surface area (TPSA) is 92.1 Å². The maximum atomic E-state index is 13.0. The van der Waals surface area contributed by atoms with Gasteiger partial charge < -0.3 is 4.90 Å². The van der Waals surface area contributed by atoms with Gasteiger partial charge in [0.05, 0.1) is 4.92 Å². The first-order valence-corrected chi connectivity index (χ1v) is 8.25. The molecule has 1 N–H and O–H groups in total. The number of hydrogen-bond donors (Lipinski definition) is 1. The Balaban J connectivity index is 1.69. The molecular formula is C17H19FN4O3. The van der Waals surface area contributed by atoms with Crippen molar-refractivity contribution in [2.75, 3.05) is 13.1 Å². The predicted octanol–water partition coefficient (Wildman–Crippen LogP) is 2.72. The number of aryl methyl sites for hydroxylation is 1. The van der Waals surface area contributed by atoms with Crippen LogP contribution in [0.25, 0.3) is 0 Å². The summed E-state index contributed by atoms with van der Waals surface area (Å²) in [4.78, 5) is 24.9. The number of carbonyl (C=O) groups is 1. The van der Waals surface area contributed by atoms with Crippen LogP contribution in [0.3, 0.4) is 0 Å². The lowest BCUT2D eigenvalue weighted by atomic mass is 9.99. The van der Waals surface area contributed by atoms with Gasteiger partial charge in [-0.25, -0.2) is 4.39 Å². The maximum absolute atomic E-state index is 13.0. The van der Waals surface area contributed by atoms with Gasteiger partial charge >= 0.3 is 5.69 Å². The average Bonchev–Trinajstić information content (AvgIpc) is 3.23. The van der Waals surface area contributed by atoms with Crippen molar-refractivity contribution in [1.29, 1.82) is 0 Å². The van der Waals surface area contributed by atoms with E-state index in [4.69, 9.17) is 0 Å². The fourth-order valence-corrected chi connectivity index (χ4v) is 3.25. The summed E-state index contributed by atoms with van der Waals surface area (Å²) < 4.78 is 13.0. The quantitative estimate of drug-likeness (QED) is 0.665. The summed E-state index contributed by atoms with van der Waals surface area (Å²) in [6, 6.07) is 6.33. The maximum Gasteiger partial charge on any atom is 0.322 e. The van der Waals surface area contributed by atoms with Crippen molar-refractivity contribution in [3.05, 3.63) is 57.1 Å². The number of aromatic nitrogens is 2. The highest BCUT2D eigenvalue weighted by molar-refractivity contribution is 5.96. The van der Waals surface area contributed by atoms with E-state index in [9.17, 15) is 19.3 Å². The van der Waals surface area contributed by atoms with Crippen LogP contribution in [0.15, 0.2) is 24.3 Å². The van der Waals surface area contributed by atoms with Crippen molar-refractivity contribution in [3.63, 3.8) is 0 Å². The van der Waals surface area contributed by atoms with Crippen LogP contribution in [-0.2, 0) is 12.8 Å². The molecule has 8 heteroatoms. The van der Waals surface area contributed by atoms with Crippen molar-refractivity contribution in [3.8, 4) is 0 Å². The number of benzene rings is 1. The van der Waals surface area contributed by atoms with Gasteiger partial charge in [0.15, 0.2) is 0 Å². The first-order chi connectivity index (χ1) is 12.0. The molecule has 1 aromatic carbocycles. The molecule has 1 atom stereocenters. The van der Waals surface area contributed by atoms with Crippen LogP contribution in [0.2, 0.25) is 0 Å². The van der Waals surface area contributed by atoms with Gasteiger partial charge in [-0.15, -0.1) is 0 Å². The monoisotopic (exact) mass is 346 g/mol. The minimum absolute atomic E-state index is 0.121. The van der Waals surface area contributed by atoms with Gasteiger partial charge in [-0.05, 0) is 42.9 Å².